The highest BCUT2D eigenvalue weighted by molar-refractivity contribution is 5.80. The van der Waals surface area contributed by atoms with E-state index in [0.29, 0.717) is 12.6 Å². The topological polar surface area (TPSA) is 69.9 Å². The number of hydrogen-bond donors (Lipinski definition) is 2. The number of hydrogen-bond acceptors (Lipinski definition) is 3. The molecule has 0 aliphatic heterocycles. The summed E-state index contributed by atoms with van der Waals surface area (Å²) in [5.74, 6) is 1.11. The molecule has 0 amide bonds. The van der Waals surface area contributed by atoms with Gasteiger partial charge in [-0.1, -0.05) is 0 Å². The molecule has 0 spiro atoms. The van der Waals surface area contributed by atoms with Crippen LogP contribution in [-0.4, -0.2) is 16.1 Å². The van der Waals surface area contributed by atoms with Crippen LogP contribution in [0, 0.1) is 0 Å². The summed E-state index contributed by atoms with van der Waals surface area (Å²) in [7, 11) is 0. The molecule has 1 heterocycles. The molecular weight excluding hydrogens is 212 g/mol. The summed E-state index contributed by atoms with van der Waals surface area (Å²) in [4.78, 5) is 4.67. The SMILES string of the molecule is NCCc1nc2ccc(N)cc2n1C1CCC1. The minimum Gasteiger partial charge on any atom is -0.399 e. The number of benzene rings is 1. The van der Waals surface area contributed by atoms with Crippen LogP contribution < -0.4 is 11.5 Å². The van der Waals surface area contributed by atoms with Crippen molar-refractivity contribution in [2.75, 3.05) is 12.3 Å². The van der Waals surface area contributed by atoms with Crippen LogP contribution in [0.2, 0.25) is 0 Å². The second-order valence-electron chi connectivity index (χ2n) is 4.77. The van der Waals surface area contributed by atoms with Gasteiger partial charge in [0.15, 0.2) is 0 Å². The fourth-order valence-electron chi connectivity index (χ4n) is 2.52. The standard InChI is InChI=1S/C13H18N4/c14-7-6-13-16-11-5-4-9(15)8-12(11)17(13)10-2-1-3-10/h4-5,8,10H,1-3,6-7,14-15H2. The van der Waals surface area contributed by atoms with Crippen LogP contribution in [-0.2, 0) is 6.42 Å². The summed E-state index contributed by atoms with van der Waals surface area (Å²) in [5, 5.41) is 0. The molecule has 4 nitrogen and oxygen atoms in total. The minimum atomic E-state index is 0.600. The Bertz CT molecular complexity index is 540. The molecule has 1 aromatic carbocycles. The van der Waals surface area contributed by atoms with Gasteiger partial charge in [0.05, 0.1) is 11.0 Å². The highest BCUT2D eigenvalue weighted by atomic mass is 15.1. The Labute approximate surface area is 101 Å². The molecule has 0 radical (unpaired) electrons. The van der Waals surface area contributed by atoms with Gasteiger partial charge in [-0.2, -0.15) is 0 Å². The third-order valence-corrected chi connectivity index (χ3v) is 3.59. The number of anilines is 1. The predicted octanol–water partition coefficient (Wildman–Crippen LogP) is 1.84. The Morgan fingerprint density at radius 3 is 2.82 bits per heavy atom. The lowest BCUT2D eigenvalue weighted by Crippen LogP contribution is -2.20. The van der Waals surface area contributed by atoms with Crippen LogP contribution in [0.15, 0.2) is 18.2 Å². The van der Waals surface area contributed by atoms with Crippen molar-refractivity contribution in [3.8, 4) is 0 Å². The van der Waals surface area contributed by atoms with Crippen molar-refractivity contribution in [2.24, 2.45) is 5.73 Å². The molecule has 1 saturated carbocycles. The molecule has 2 aromatic rings. The summed E-state index contributed by atoms with van der Waals surface area (Å²) in [6, 6.07) is 6.54. The van der Waals surface area contributed by atoms with E-state index in [9.17, 15) is 0 Å². The van der Waals surface area contributed by atoms with Crippen LogP contribution in [0.3, 0.4) is 0 Å². The first kappa shape index (κ1) is 10.6. The van der Waals surface area contributed by atoms with Gasteiger partial charge < -0.3 is 16.0 Å². The number of imidazole rings is 1. The van der Waals surface area contributed by atoms with E-state index >= 15 is 0 Å². The van der Waals surface area contributed by atoms with Gasteiger partial charge in [0, 0.05) is 18.2 Å². The van der Waals surface area contributed by atoms with E-state index in [1.54, 1.807) is 0 Å². The lowest BCUT2D eigenvalue weighted by atomic mass is 9.92. The number of nitrogens with zero attached hydrogens (tertiary/aromatic N) is 2. The molecular formula is C13H18N4. The van der Waals surface area contributed by atoms with Gasteiger partial charge in [-0.15, -0.1) is 0 Å². The lowest BCUT2D eigenvalue weighted by molar-refractivity contribution is 0.313. The maximum absolute atomic E-state index is 5.87. The highest BCUT2D eigenvalue weighted by Crippen LogP contribution is 2.36. The fourth-order valence-corrected chi connectivity index (χ4v) is 2.52. The summed E-state index contributed by atoms with van der Waals surface area (Å²) < 4.78 is 2.35. The number of rotatable bonds is 3. The van der Waals surface area contributed by atoms with Gasteiger partial charge >= 0.3 is 0 Å². The van der Waals surface area contributed by atoms with Crippen LogP contribution in [0.5, 0.6) is 0 Å². The van der Waals surface area contributed by atoms with Crippen LogP contribution in [0.1, 0.15) is 31.1 Å². The average Bonchev–Trinajstić information content (AvgIpc) is 2.56. The van der Waals surface area contributed by atoms with Gasteiger partial charge in [0.25, 0.3) is 0 Å². The van der Waals surface area contributed by atoms with Gasteiger partial charge in [-0.3, -0.25) is 0 Å². The largest absolute Gasteiger partial charge is 0.399 e. The Morgan fingerprint density at radius 2 is 2.18 bits per heavy atom. The molecule has 3 rings (SSSR count). The number of fused-ring (bicyclic) bond motifs is 1. The van der Waals surface area contributed by atoms with Crippen LogP contribution >= 0.6 is 0 Å². The van der Waals surface area contributed by atoms with Crippen LogP contribution in [0.25, 0.3) is 11.0 Å². The molecule has 17 heavy (non-hydrogen) atoms. The Morgan fingerprint density at radius 1 is 1.35 bits per heavy atom. The predicted molar refractivity (Wildman–Crippen MR) is 69.8 cm³/mol. The van der Waals surface area contributed by atoms with E-state index in [2.05, 4.69) is 9.55 Å². The maximum atomic E-state index is 5.87. The van der Waals surface area contributed by atoms with E-state index in [1.165, 1.54) is 19.3 Å². The third kappa shape index (κ3) is 1.69. The van der Waals surface area contributed by atoms with E-state index < -0.39 is 0 Å². The molecule has 4 heteroatoms. The van der Waals surface area contributed by atoms with Gasteiger partial charge in [0.2, 0.25) is 0 Å². The second kappa shape index (κ2) is 4.04. The molecule has 1 fully saturated rings. The highest BCUT2D eigenvalue weighted by Gasteiger charge is 2.24. The van der Waals surface area contributed by atoms with E-state index in [-0.39, 0.29) is 0 Å². The fraction of sp³-hybridized carbons (Fsp3) is 0.462. The zero-order valence-electron chi connectivity index (χ0n) is 9.89. The zero-order chi connectivity index (χ0) is 11.8. The van der Waals surface area contributed by atoms with Crippen molar-refractivity contribution in [3.63, 3.8) is 0 Å². The number of aromatic nitrogens is 2. The van der Waals surface area contributed by atoms with Gasteiger partial charge in [0.1, 0.15) is 5.82 Å². The van der Waals surface area contributed by atoms with Crippen molar-refractivity contribution in [2.45, 2.75) is 31.7 Å². The summed E-state index contributed by atoms with van der Waals surface area (Å²) in [6.07, 6.45) is 4.65. The first-order valence-electron chi connectivity index (χ1n) is 6.26. The molecule has 90 valence electrons. The molecule has 1 aliphatic carbocycles. The molecule has 0 saturated heterocycles. The lowest BCUT2D eigenvalue weighted by Gasteiger charge is -2.29. The van der Waals surface area contributed by atoms with Gasteiger partial charge in [-0.25, -0.2) is 4.98 Å². The van der Waals surface area contributed by atoms with Crippen molar-refractivity contribution in [1.29, 1.82) is 0 Å². The monoisotopic (exact) mass is 230 g/mol. The number of nitrogens with two attached hydrogens (primary N) is 2. The molecule has 0 atom stereocenters. The zero-order valence-corrected chi connectivity index (χ0v) is 9.89. The van der Waals surface area contributed by atoms with E-state index in [4.69, 9.17) is 11.5 Å². The normalized spacial score (nSPS) is 16.3. The molecule has 1 aromatic heterocycles. The molecule has 4 N–H and O–H groups in total. The Hall–Kier alpha value is -1.55. The van der Waals surface area contributed by atoms with E-state index in [1.807, 2.05) is 18.2 Å². The van der Waals surface area contributed by atoms with Crippen molar-refractivity contribution < 1.29 is 0 Å². The molecule has 0 unspecified atom stereocenters. The second-order valence-corrected chi connectivity index (χ2v) is 4.77. The quantitative estimate of drug-likeness (QED) is 0.790. The van der Waals surface area contributed by atoms with Crippen molar-refractivity contribution >= 4 is 16.7 Å². The first-order valence-corrected chi connectivity index (χ1v) is 6.26. The van der Waals surface area contributed by atoms with Crippen molar-refractivity contribution in [1.82, 2.24) is 9.55 Å². The Balaban J connectivity index is 2.17. The molecule has 0 bridgehead atoms. The maximum Gasteiger partial charge on any atom is 0.111 e. The smallest absolute Gasteiger partial charge is 0.111 e. The van der Waals surface area contributed by atoms with E-state index in [0.717, 1.165) is 29.0 Å². The van der Waals surface area contributed by atoms with Crippen molar-refractivity contribution in [3.05, 3.63) is 24.0 Å². The Kier molecular flexibility index (Phi) is 2.52. The summed E-state index contributed by atoms with van der Waals surface area (Å²) in [5.41, 5.74) is 14.5. The molecule has 1 aliphatic rings. The average molecular weight is 230 g/mol. The summed E-state index contributed by atoms with van der Waals surface area (Å²) in [6.45, 7) is 0.644. The summed E-state index contributed by atoms with van der Waals surface area (Å²) >= 11 is 0. The van der Waals surface area contributed by atoms with Gasteiger partial charge in [-0.05, 0) is 44.0 Å². The number of nitrogen functional groups attached to an aromatic ring is 1. The first-order chi connectivity index (χ1) is 8.29. The minimum absolute atomic E-state index is 0.600. The third-order valence-electron chi connectivity index (χ3n) is 3.59. The van der Waals surface area contributed by atoms with Crippen LogP contribution in [0.4, 0.5) is 5.69 Å².